The van der Waals surface area contributed by atoms with Gasteiger partial charge < -0.3 is 15.8 Å². The molecule has 15 heavy (non-hydrogen) atoms. The lowest BCUT2D eigenvalue weighted by Crippen LogP contribution is -2.50. The Kier molecular flexibility index (Phi) is 6.89. The van der Waals surface area contributed by atoms with Gasteiger partial charge in [0.25, 0.3) is 0 Å². The first-order valence-electron chi connectivity index (χ1n) is 5.25. The Balaban J connectivity index is 0.00000196. The first kappa shape index (κ1) is 14.7. The van der Waals surface area contributed by atoms with Crippen LogP contribution in [0.25, 0.3) is 0 Å². The highest BCUT2D eigenvalue weighted by atomic mass is 35.5. The largest absolute Gasteiger partial charge is 0.379 e. The molecule has 90 valence electrons. The van der Waals surface area contributed by atoms with E-state index in [9.17, 15) is 4.79 Å². The Morgan fingerprint density at radius 3 is 2.67 bits per heavy atom. The maximum absolute atomic E-state index is 11.6. The van der Waals surface area contributed by atoms with Crippen LogP contribution < -0.4 is 11.1 Å². The minimum absolute atomic E-state index is 0. The predicted octanol–water partition coefficient (Wildman–Crippen LogP) is 0.687. The molecule has 1 heterocycles. The molecule has 2 atom stereocenters. The molecule has 1 aliphatic heterocycles. The second kappa shape index (κ2) is 7.04. The monoisotopic (exact) mass is 236 g/mol. The molecule has 0 bridgehead atoms. The van der Waals surface area contributed by atoms with E-state index in [1.807, 2.05) is 13.8 Å². The van der Waals surface area contributed by atoms with Crippen LogP contribution in [0.15, 0.2) is 0 Å². The van der Waals surface area contributed by atoms with Crippen LogP contribution in [-0.2, 0) is 9.53 Å². The van der Waals surface area contributed by atoms with Crippen molar-refractivity contribution in [3.63, 3.8) is 0 Å². The third kappa shape index (κ3) is 4.82. The van der Waals surface area contributed by atoms with Crippen molar-refractivity contribution in [1.82, 2.24) is 5.32 Å². The molecule has 1 aliphatic rings. The molecular formula is C10H21ClN2O2. The number of ether oxygens (including phenoxy) is 1. The van der Waals surface area contributed by atoms with Crippen LogP contribution in [0.3, 0.4) is 0 Å². The van der Waals surface area contributed by atoms with Crippen molar-refractivity contribution < 1.29 is 9.53 Å². The van der Waals surface area contributed by atoms with Crippen molar-refractivity contribution in [2.45, 2.75) is 38.8 Å². The molecule has 0 saturated carbocycles. The molecule has 0 spiro atoms. The summed E-state index contributed by atoms with van der Waals surface area (Å²) >= 11 is 0. The standard InChI is InChI=1S/C10H20N2O2.ClH/c1-7(2)9(11)10(13)12-8-4-3-5-14-6-8;/h7-9H,3-6,11H2,1-2H3,(H,12,13);1H/t8?,9-;/m1./s1. The molecular weight excluding hydrogens is 216 g/mol. The lowest BCUT2D eigenvalue weighted by atomic mass is 10.0. The predicted molar refractivity (Wildman–Crippen MR) is 62.0 cm³/mol. The number of nitrogens with two attached hydrogens (primary N) is 1. The van der Waals surface area contributed by atoms with Gasteiger partial charge in [0.05, 0.1) is 18.7 Å². The van der Waals surface area contributed by atoms with E-state index in [0.29, 0.717) is 6.61 Å². The maximum atomic E-state index is 11.6. The van der Waals surface area contributed by atoms with Gasteiger partial charge in [0.1, 0.15) is 0 Å². The van der Waals surface area contributed by atoms with E-state index in [-0.39, 0.29) is 30.3 Å². The van der Waals surface area contributed by atoms with Gasteiger partial charge in [-0.25, -0.2) is 0 Å². The van der Waals surface area contributed by atoms with E-state index >= 15 is 0 Å². The summed E-state index contributed by atoms with van der Waals surface area (Å²) in [5.74, 6) is 0.120. The smallest absolute Gasteiger partial charge is 0.237 e. The van der Waals surface area contributed by atoms with Crippen LogP contribution in [0.5, 0.6) is 0 Å². The minimum Gasteiger partial charge on any atom is -0.379 e. The van der Waals surface area contributed by atoms with Gasteiger partial charge in [0.2, 0.25) is 5.91 Å². The first-order valence-corrected chi connectivity index (χ1v) is 5.25. The SMILES string of the molecule is CC(C)[C@@H](N)C(=O)NC1CCCOC1.Cl. The Bertz CT molecular complexity index is 194. The molecule has 5 heteroatoms. The summed E-state index contributed by atoms with van der Waals surface area (Å²) in [6.45, 7) is 5.32. The van der Waals surface area contributed by atoms with E-state index < -0.39 is 6.04 Å². The molecule has 1 amide bonds. The first-order chi connectivity index (χ1) is 6.61. The number of nitrogens with one attached hydrogen (secondary N) is 1. The number of hydrogen-bond donors (Lipinski definition) is 2. The van der Waals surface area contributed by atoms with E-state index in [1.54, 1.807) is 0 Å². The van der Waals surface area contributed by atoms with Crippen LogP contribution in [0.4, 0.5) is 0 Å². The van der Waals surface area contributed by atoms with Crippen LogP contribution in [0, 0.1) is 5.92 Å². The van der Waals surface area contributed by atoms with Gasteiger partial charge in [-0.15, -0.1) is 12.4 Å². The zero-order valence-corrected chi connectivity index (χ0v) is 10.2. The summed E-state index contributed by atoms with van der Waals surface area (Å²) in [5.41, 5.74) is 5.72. The number of hydrogen-bond acceptors (Lipinski definition) is 3. The minimum atomic E-state index is -0.406. The highest BCUT2D eigenvalue weighted by Gasteiger charge is 2.21. The van der Waals surface area contributed by atoms with Gasteiger partial charge in [-0.1, -0.05) is 13.8 Å². The fourth-order valence-corrected chi connectivity index (χ4v) is 1.45. The normalized spacial score (nSPS) is 23.1. The maximum Gasteiger partial charge on any atom is 0.237 e. The van der Waals surface area contributed by atoms with Crippen LogP contribution in [0.1, 0.15) is 26.7 Å². The Hall–Kier alpha value is -0.320. The average molecular weight is 237 g/mol. The third-order valence-corrected chi connectivity index (χ3v) is 2.53. The molecule has 0 aromatic carbocycles. The molecule has 3 N–H and O–H groups in total. The topological polar surface area (TPSA) is 64.4 Å². The van der Waals surface area contributed by atoms with E-state index in [0.717, 1.165) is 19.4 Å². The molecule has 1 rings (SSSR count). The molecule has 0 aliphatic carbocycles. The van der Waals surface area contributed by atoms with Gasteiger partial charge in [-0.2, -0.15) is 0 Å². The van der Waals surface area contributed by atoms with Gasteiger partial charge in [0, 0.05) is 6.61 Å². The van der Waals surface area contributed by atoms with Crippen LogP contribution >= 0.6 is 12.4 Å². The number of halogens is 1. The molecule has 1 unspecified atom stereocenters. The molecule has 1 saturated heterocycles. The third-order valence-electron chi connectivity index (χ3n) is 2.53. The molecule has 0 aromatic rings. The lowest BCUT2D eigenvalue weighted by Gasteiger charge is -2.25. The second-order valence-corrected chi connectivity index (χ2v) is 4.19. The van der Waals surface area contributed by atoms with Crippen molar-refractivity contribution >= 4 is 18.3 Å². The van der Waals surface area contributed by atoms with Crippen molar-refractivity contribution in [2.75, 3.05) is 13.2 Å². The number of amides is 1. The van der Waals surface area contributed by atoms with Crippen LogP contribution in [-0.4, -0.2) is 31.2 Å². The molecule has 0 aromatic heterocycles. The van der Waals surface area contributed by atoms with E-state index in [4.69, 9.17) is 10.5 Å². The number of carbonyl (C=O) groups is 1. The number of carbonyl (C=O) groups excluding carboxylic acids is 1. The van der Waals surface area contributed by atoms with Gasteiger partial charge in [-0.3, -0.25) is 4.79 Å². The quantitative estimate of drug-likeness (QED) is 0.758. The highest BCUT2D eigenvalue weighted by Crippen LogP contribution is 2.06. The Morgan fingerprint density at radius 2 is 2.20 bits per heavy atom. The van der Waals surface area contributed by atoms with Gasteiger partial charge in [0.15, 0.2) is 0 Å². The van der Waals surface area contributed by atoms with Gasteiger partial charge >= 0.3 is 0 Å². The average Bonchev–Trinajstić information content (AvgIpc) is 2.18. The molecule has 4 nitrogen and oxygen atoms in total. The number of rotatable bonds is 3. The van der Waals surface area contributed by atoms with E-state index in [1.165, 1.54) is 0 Å². The summed E-state index contributed by atoms with van der Waals surface area (Å²) < 4.78 is 5.27. The summed E-state index contributed by atoms with van der Waals surface area (Å²) in [4.78, 5) is 11.6. The lowest BCUT2D eigenvalue weighted by molar-refractivity contribution is -0.124. The zero-order chi connectivity index (χ0) is 10.6. The summed E-state index contributed by atoms with van der Waals surface area (Å²) in [5, 5.41) is 2.91. The summed E-state index contributed by atoms with van der Waals surface area (Å²) in [7, 11) is 0. The van der Waals surface area contributed by atoms with Crippen LogP contribution in [0.2, 0.25) is 0 Å². The van der Waals surface area contributed by atoms with Gasteiger partial charge in [-0.05, 0) is 18.8 Å². The van der Waals surface area contributed by atoms with Crippen molar-refractivity contribution in [1.29, 1.82) is 0 Å². The van der Waals surface area contributed by atoms with Crippen molar-refractivity contribution in [3.8, 4) is 0 Å². The molecule has 0 radical (unpaired) electrons. The second-order valence-electron chi connectivity index (χ2n) is 4.19. The van der Waals surface area contributed by atoms with Crippen molar-refractivity contribution in [3.05, 3.63) is 0 Å². The summed E-state index contributed by atoms with van der Waals surface area (Å²) in [6, 6.07) is -0.252. The van der Waals surface area contributed by atoms with E-state index in [2.05, 4.69) is 5.32 Å². The van der Waals surface area contributed by atoms with Crippen molar-refractivity contribution in [2.24, 2.45) is 11.7 Å². The molecule has 1 fully saturated rings. The summed E-state index contributed by atoms with van der Waals surface area (Å²) in [6.07, 6.45) is 2.01. The Morgan fingerprint density at radius 1 is 1.53 bits per heavy atom. The zero-order valence-electron chi connectivity index (χ0n) is 9.36. The Labute approximate surface area is 97.3 Å². The fourth-order valence-electron chi connectivity index (χ4n) is 1.45. The highest BCUT2D eigenvalue weighted by molar-refractivity contribution is 5.85. The fraction of sp³-hybridized carbons (Fsp3) is 0.900.